The van der Waals surface area contributed by atoms with Crippen LogP contribution in [0, 0.1) is 5.82 Å². The molecule has 3 aromatic heterocycles. The highest BCUT2D eigenvalue weighted by Crippen LogP contribution is 2.50. The fourth-order valence-electron chi connectivity index (χ4n) is 3.38. The molecule has 0 spiro atoms. The zero-order valence-electron chi connectivity index (χ0n) is 14.9. The van der Waals surface area contributed by atoms with Crippen LogP contribution in [0.15, 0.2) is 47.2 Å². The maximum atomic E-state index is 13.5. The molecular weight excluding hydrogens is 395 g/mol. The number of thiophene rings is 1. The molecule has 0 saturated heterocycles. The average Bonchev–Trinajstić information content (AvgIpc) is 3.04. The van der Waals surface area contributed by atoms with Gasteiger partial charge in [0.25, 0.3) is 0 Å². The summed E-state index contributed by atoms with van der Waals surface area (Å²) in [4.78, 5) is 19.1. The van der Waals surface area contributed by atoms with E-state index in [1.54, 1.807) is 28.0 Å². The molecule has 0 atom stereocenters. The highest BCUT2D eigenvalue weighted by Gasteiger charge is 2.51. The third kappa shape index (κ3) is 3.02. The number of thiazole rings is 1. The van der Waals surface area contributed by atoms with Crippen LogP contribution in [0.5, 0.6) is 0 Å². The van der Waals surface area contributed by atoms with Gasteiger partial charge in [-0.3, -0.25) is 4.79 Å². The molecular formula is C20H17FN4OS2. The lowest BCUT2D eigenvalue weighted by Gasteiger charge is -2.13. The number of aromatic nitrogens is 3. The number of nitrogens with one attached hydrogen (secondary N) is 1. The number of carbonyl (C=O) groups excluding carboxylic acids is 1. The number of carbonyl (C=O) groups is 1. The number of amides is 1. The van der Waals surface area contributed by atoms with E-state index >= 15 is 0 Å². The minimum absolute atomic E-state index is 0.112. The number of fused-ring (bicyclic) bond motifs is 1. The first-order valence-corrected chi connectivity index (χ1v) is 10.8. The molecule has 142 valence electrons. The Bertz CT molecular complexity index is 1140. The molecule has 4 aromatic rings. The zero-order valence-corrected chi connectivity index (χ0v) is 16.5. The van der Waals surface area contributed by atoms with Crippen LogP contribution < -0.4 is 5.32 Å². The molecule has 1 aliphatic rings. The highest BCUT2D eigenvalue weighted by molar-refractivity contribution is 7.15. The summed E-state index contributed by atoms with van der Waals surface area (Å²) in [5, 5.41) is 11.6. The maximum Gasteiger partial charge on any atom is 0.231 e. The Balaban J connectivity index is 1.28. The lowest BCUT2D eigenvalue weighted by atomic mass is 10.0. The molecule has 3 heterocycles. The molecule has 1 amide bonds. The minimum Gasteiger partial charge on any atom is -0.355 e. The molecule has 1 N–H and O–H groups in total. The molecule has 1 aliphatic carbocycles. The molecule has 8 heteroatoms. The summed E-state index contributed by atoms with van der Waals surface area (Å²) in [6.07, 6.45) is 2.50. The van der Waals surface area contributed by atoms with Crippen molar-refractivity contribution in [1.82, 2.24) is 19.9 Å². The largest absolute Gasteiger partial charge is 0.355 e. The van der Waals surface area contributed by atoms with Crippen LogP contribution in [0.2, 0.25) is 0 Å². The quantitative estimate of drug-likeness (QED) is 0.520. The van der Waals surface area contributed by atoms with Gasteiger partial charge in [-0.2, -0.15) is 4.98 Å². The minimum atomic E-state index is -0.310. The van der Waals surface area contributed by atoms with E-state index in [9.17, 15) is 9.18 Å². The van der Waals surface area contributed by atoms with Gasteiger partial charge in [0.2, 0.25) is 10.9 Å². The Hall–Kier alpha value is -2.58. The van der Waals surface area contributed by atoms with E-state index in [1.165, 1.54) is 23.5 Å². The van der Waals surface area contributed by atoms with Gasteiger partial charge in [-0.25, -0.2) is 8.91 Å². The van der Waals surface area contributed by atoms with Crippen molar-refractivity contribution in [3.63, 3.8) is 0 Å². The third-order valence-electron chi connectivity index (χ3n) is 5.08. The van der Waals surface area contributed by atoms with Crippen LogP contribution >= 0.6 is 22.7 Å². The van der Waals surface area contributed by atoms with Crippen LogP contribution in [0.25, 0.3) is 16.3 Å². The number of hydrogen-bond acceptors (Lipinski definition) is 5. The van der Waals surface area contributed by atoms with Gasteiger partial charge in [0.15, 0.2) is 5.82 Å². The summed E-state index contributed by atoms with van der Waals surface area (Å²) in [5.74, 6) is 0.310. The van der Waals surface area contributed by atoms with E-state index in [-0.39, 0.29) is 17.1 Å². The van der Waals surface area contributed by atoms with Gasteiger partial charge in [-0.1, -0.05) is 18.2 Å². The number of hydrogen-bond donors (Lipinski definition) is 1. The molecule has 1 saturated carbocycles. The van der Waals surface area contributed by atoms with Crippen LogP contribution in [0.3, 0.4) is 0 Å². The van der Waals surface area contributed by atoms with Gasteiger partial charge in [0.1, 0.15) is 5.82 Å². The van der Waals surface area contributed by atoms with Gasteiger partial charge < -0.3 is 5.32 Å². The Kier molecular flexibility index (Phi) is 4.25. The fourth-order valence-corrected chi connectivity index (χ4v) is 5.22. The summed E-state index contributed by atoms with van der Waals surface area (Å²) in [5.41, 5.74) is 1.33. The summed E-state index contributed by atoms with van der Waals surface area (Å²) >= 11 is 3.14. The van der Waals surface area contributed by atoms with E-state index in [1.807, 2.05) is 22.9 Å². The van der Waals surface area contributed by atoms with Crippen molar-refractivity contribution >= 4 is 33.5 Å². The zero-order chi connectivity index (χ0) is 19.1. The van der Waals surface area contributed by atoms with Gasteiger partial charge in [0, 0.05) is 28.8 Å². The monoisotopic (exact) mass is 412 g/mol. The molecule has 1 aromatic carbocycles. The number of benzene rings is 1. The molecule has 0 aliphatic heterocycles. The van der Waals surface area contributed by atoms with Gasteiger partial charge >= 0.3 is 0 Å². The lowest BCUT2D eigenvalue weighted by molar-refractivity contribution is -0.123. The molecule has 0 bridgehead atoms. The van der Waals surface area contributed by atoms with Crippen molar-refractivity contribution in [2.45, 2.75) is 24.7 Å². The molecule has 28 heavy (non-hydrogen) atoms. The van der Waals surface area contributed by atoms with Crippen LogP contribution in [-0.4, -0.2) is 27.0 Å². The van der Waals surface area contributed by atoms with Crippen molar-refractivity contribution in [2.75, 3.05) is 6.54 Å². The molecule has 1 fully saturated rings. The predicted octanol–water partition coefficient (Wildman–Crippen LogP) is 4.05. The van der Waals surface area contributed by atoms with E-state index in [0.717, 1.165) is 28.4 Å². The SMILES string of the molecule is O=C(NCCc1csc2nc(-c3cccc(F)c3)nn12)C1(c2cccs2)CC1. The first kappa shape index (κ1) is 17.5. The molecule has 0 unspecified atom stereocenters. The van der Waals surface area contributed by atoms with Gasteiger partial charge in [-0.05, 0) is 36.4 Å². The Morgan fingerprint density at radius 1 is 1.25 bits per heavy atom. The second-order valence-corrected chi connectivity index (χ2v) is 8.72. The van der Waals surface area contributed by atoms with Crippen molar-refractivity contribution in [3.05, 3.63) is 63.5 Å². The summed E-state index contributed by atoms with van der Waals surface area (Å²) in [6.45, 7) is 0.549. The van der Waals surface area contributed by atoms with Crippen LogP contribution in [0.4, 0.5) is 4.39 Å². The number of rotatable bonds is 6. The third-order valence-corrected chi connectivity index (χ3v) is 7.02. The Morgan fingerprint density at radius 2 is 2.14 bits per heavy atom. The lowest BCUT2D eigenvalue weighted by Crippen LogP contribution is -2.35. The normalized spacial score (nSPS) is 15.0. The summed E-state index contributed by atoms with van der Waals surface area (Å²) in [6, 6.07) is 10.3. The smallest absolute Gasteiger partial charge is 0.231 e. The van der Waals surface area contributed by atoms with E-state index < -0.39 is 0 Å². The van der Waals surface area contributed by atoms with Gasteiger partial charge in [-0.15, -0.1) is 27.8 Å². The maximum absolute atomic E-state index is 13.5. The molecule has 5 nitrogen and oxygen atoms in total. The first-order chi connectivity index (χ1) is 13.7. The van der Waals surface area contributed by atoms with Crippen molar-refractivity contribution in [3.8, 4) is 11.4 Å². The van der Waals surface area contributed by atoms with E-state index in [4.69, 9.17) is 0 Å². The van der Waals surface area contributed by atoms with Crippen molar-refractivity contribution < 1.29 is 9.18 Å². The molecule has 0 radical (unpaired) electrons. The Morgan fingerprint density at radius 3 is 2.89 bits per heavy atom. The summed E-state index contributed by atoms with van der Waals surface area (Å²) in [7, 11) is 0. The number of nitrogens with zero attached hydrogens (tertiary/aromatic N) is 3. The predicted molar refractivity (Wildman–Crippen MR) is 108 cm³/mol. The topological polar surface area (TPSA) is 59.3 Å². The second kappa shape index (κ2) is 6.79. The van der Waals surface area contributed by atoms with Crippen molar-refractivity contribution in [2.24, 2.45) is 0 Å². The highest BCUT2D eigenvalue weighted by atomic mass is 32.1. The van der Waals surface area contributed by atoms with E-state index in [2.05, 4.69) is 15.4 Å². The summed E-state index contributed by atoms with van der Waals surface area (Å²) < 4.78 is 15.2. The second-order valence-electron chi connectivity index (χ2n) is 6.93. The Labute approximate surface area is 168 Å². The average molecular weight is 413 g/mol. The fraction of sp³-hybridized carbons (Fsp3) is 0.250. The van der Waals surface area contributed by atoms with E-state index in [0.29, 0.717) is 24.4 Å². The molecule has 5 rings (SSSR count). The number of halogens is 1. The standard InChI is InChI=1S/C20H17FN4OS2/c21-14-4-1-3-13(11-14)17-23-19-25(24-17)15(12-28-19)6-9-22-18(26)20(7-8-20)16-5-2-10-27-16/h1-5,10-12H,6-9H2,(H,22,26). The van der Waals surface area contributed by atoms with Crippen LogP contribution in [0.1, 0.15) is 23.4 Å². The van der Waals surface area contributed by atoms with Crippen LogP contribution in [-0.2, 0) is 16.6 Å². The van der Waals surface area contributed by atoms with Crippen molar-refractivity contribution in [1.29, 1.82) is 0 Å². The van der Waals surface area contributed by atoms with Gasteiger partial charge in [0.05, 0.1) is 11.1 Å². The first-order valence-electron chi connectivity index (χ1n) is 9.07.